The molecular weight excluding hydrogens is 626 g/mol. The van der Waals surface area contributed by atoms with Gasteiger partial charge in [0.05, 0.1) is 28.8 Å². The fraction of sp³-hybridized carbons (Fsp3) is 0.194. The molecule has 3 atom stereocenters. The first-order valence-corrected chi connectivity index (χ1v) is 15.6. The molecule has 0 bridgehead atoms. The summed E-state index contributed by atoms with van der Waals surface area (Å²) >= 11 is 8.51. The first-order valence-electron chi connectivity index (χ1n) is 13.6. The molecule has 3 aromatic carbocycles. The number of H-pyrrole nitrogens is 1. The number of aromatic amines is 1. The number of carbonyl (C=O) groups excluding carboxylic acids is 4. The average Bonchev–Trinajstić information content (AvgIpc) is 3.51. The second-order valence-electron chi connectivity index (χ2n) is 9.91. The van der Waals surface area contributed by atoms with Crippen molar-refractivity contribution >= 4 is 69.8 Å². The highest BCUT2D eigenvalue weighted by Crippen LogP contribution is 2.54. The first kappa shape index (κ1) is 29.7. The number of hydrogen-bond donors (Lipinski definition) is 2. The fourth-order valence-corrected chi connectivity index (χ4v) is 8.01. The number of thioether (sulfide) groups is 1. The Hall–Kier alpha value is -4.39. The van der Waals surface area contributed by atoms with Gasteiger partial charge < -0.3 is 19.8 Å². The summed E-state index contributed by atoms with van der Waals surface area (Å²) in [6, 6.07) is 19.8. The highest BCUT2D eigenvalue weighted by molar-refractivity contribution is 8.00. The van der Waals surface area contributed by atoms with Crippen LogP contribution in [0.2, 0.25) is 5.02 Å². The molecule has 2 N–H and O–H groups in total. The quantitative estimate of drug-likeness (QED) is 0.199. The number of halogens is 1. The summed E-state index contributed by atoms with van der Waals surface area (Å²) in [5, 5.41) is 2.74. The number of hydrogen-bond acceptors (Lipinski definition) is 9. The van der Waals surface area contributed by atoms with Crippen molar-refractivity contribution in [2.75, 3.05) is 23.4 Å². The number of thiazole rings is 1. The summed E-state index contributed by atoms with van der Waals surface area (Å²) in [5.74, 6) is -3.23. The van der Waals surface area contributed by atoms with Crippen molar-refractivity contribution in [2.45, 2.75) is 23.1 Å². The standard InChI is InChI=1S/C31H24ClN3O7S2/c1-2-41-30(39)16-8-11-19(12-9-16)35-28(37)24-23(25-27(34-31(40)44-25)43-26(24)29(35)38)20-14-17(32)10-13-21(20)42-15-22(36)33-18-6-4-3-5-7-18/h3-14,23-24,26H,2,15H2,1H3,(H,33,36)(H,34,40)/t23-,24?,26?/m1/s1. The lowest BCUT2D eigenvalue weighted by Crippen LogP contribution is -2.32. The fourth-order valence-electron chi connectivity index (χ4n) is 5.32. The van der Waals surface area contributed by atoms with Crippen molar-refractivity contribution in [2.24, 2.45) is 5.92 Å². The first-order chi connectivity index (χ1) is 21.2. The molecule has 0 saturated carbocycles. The molecule has 13 heteroatoms. The van der Waals surface area contributed by atoms with Gasteiger partial charge in [-0.25, -0.2) is 9.69 Å². The van der Waals surface area contributed by atoms with Crippen LogP contribution in [0.3, 0.4) is 0 Å². The van der Waals surface area contributed by atoms with E-state index in [1.165, 1.54) is 24.3 Å². The van der Waals surface area contributed by atoms with Gasteiger partial charge in [-0.15, -0.1) is 0 Å². The summed E-state index contributed by atoms with van der Waals surface area (Å²) in [4.78, 5) is 69.4. The molecular formula is C31H24ClN3O7S2. The summed E-state index contributed by atoms with van der Waals surface area (Å²) in [6.45, 7) is 1.58. The molecule has 4 aromatic rings. The molecule has 3 heterocycles. The van der Waals surface area contributed by atoms with E-state index in [-0.39, 0.29) is 29.4 Å². The van der Waals surface area contributed by atoms with E-state index < -0.39 is 40.8 Å². The van der Waals surface area contributed by atoms with Gasteiger partial charge in [0.25, 0.3) is 5.91 Å². The summed E-state index contributed by atoms with van der Waals surface area (Å²) in [6.07, 6.45) is 0. The summed E-state index contributed by atoms with van der Waals surface area (Å²) in [5.41, 5.74) is 1.67. The van der Waals surface area contributed by atoms with E-state index in [1.54, 1.807) is 49.4 Å². The zero-order valence-corrected chi connectivity index (χ0v) is 25.5. The van der Waals surface area contributed by atoms with E-state index in [1.807, 2.05) is 6.07 Å². The topological polar surface area (TPSA) is 135 Å². The van der Waals surface area contributed by atoms with E-state index in [0.29, 0.717) is 31.9 Å². The third-order valence-corrected chi connectivity index (χ3v) is 9.82. The Morgan fingerprint density at radius 1 is 1.00 bits per heavy atom. The van der Waals surface area contributed by atoms with Crippen LogP contribution in [0.1, 0.15) is 33.6 Å². The SMILES string of the molecule is CCOC(=O)c1ccc(N2C(=O)C3Sc4[nH]c(=O)sc4[C@H](c4cc(Cl)ccc4OCC(=O)Nc4ccccc4)C3C2=O)cc1. The third kappa shape index (κ3) is 5.63. The molecule has 6 rings (SSSR count). The van der Waals surface area contributed by atoms with Gasteiger partial charge in [-0.1, -0.05) is 52.9 Å². The molecule has 1 fully saturated rings. The Balaban J connectivity index is 1.34. The van der Waals surface area contributed by atoms with E-state index in [0.717, 1.165) is 28.0 Å². The average molecular weight is 650 g/mol. The van der Waals surface area contributed by atoms with Crippen LogP contribution in [-0.4, -0.2) is 47.1 Å². The predicted molar refractivity (Wildman–Crippen MR) is 167 cm³/mol. The zero-order chi connectivity index (χ0) is 31.0. The molecule has 2 aliphatic heterocycles. The number of anilines is 2. The van der Waals surface area contributed by atoms with Crippen LogP contribution in [0, 0.1) is 5.92 Å². The number of para-hydroxylation sites is 1. The molecule has 1 aromatic heterocycles. The molecule has 0 radical (unpaired) electrons. The van der Waals surface area contributed by atoms with Gasteiger partial charge in [-0.05, 0) is 61.5 Å². The van der Waals surface area contributed by atoms with Gasteiger partial charge in [0.1, 0.15) is 11.0 Å². The zero-order valence-electron chi connectivity index (χ0n) is 23.1. The number of fused-ring (bicyclic) bond motifs is 2. The van der Waals surface area contributed by atoms with Crippen LogP contribution in [-0.2, 0) is 19.1 Å². The number of benzene rings is 3. The molecule has 224 valence electrons. The van der Waals surface area contributed by atoms with Crippen molar-refractivity contribution in [1.82, 2.24) is 4.98 Å². The van der Waals surface area contributed by atoms with Crippen molar-refractivity contribution in [3.05, 3.63) is 103 Å². The lowest BCUT2D eigenvalue weighted by atomic mass is 9.82. The number of rotatable bonds is 8. The molecule has 2 unspecified atom stereocenters. The number of ether oxygens (including phenoxy) is 2. The van der Waals surface area contributed by atoms with Crippen LogP contribution in [0.25, 0.3) is 0 Å². The highest BCUT2D eigenvalue weighted by atomic mass is 35.5. The maximum absolute atomic E-state index is 14.1. The molecule has 3 amide bonds. The Labute approximate surface area is 264 Å². The van der Waals surface area contributed by atoms with Crippen molar-refractivity contribution in [3.63, 3.8) is 0 Å². The molecule has 1 saturated heterocycles. The van der Waals surface area contributed by atoms with Crippen LogP contribution in [0.15, 0.2) is 82.6 Å². The molecule has 0 spiro atoms. The van der Waals surface area contributed by atoms with Crippen LogP contribution < -0.4 is 19.8 Å². The van der Waals surface area contributed by atoms with Crippen molar-refractivity contribution < 1.29 is 28.7 Å². The molecule has 10 nitrogen and oxygen atoms in total. The second kappa shape index (κ2) is 12.3. The monoisotopic (exact) mass is 649 g/mol. The number of nitrogens with zero attached hydrogens (tertiary/aromatic N) is 1. The Morgan fingerprint density at radius 2 is 1.75 bits per heavy atom. The van der Waals surface area contributed by atoms with E-state index >= 15 is 0 Å². The van der Waals surface area contributed by atoms with Crippen LogP contribution in [0.5, 0.6) is 5.75 Å². The Morgan fingerprint density at radius 3 is 2.48 bits per heavy atom. The van der Waals surface area contributed by atoms with Crippen LogP contribution >= 0.6 is 34.7 Å². The van der Waals surface area contributed by atoms with E-state index in [9.17, 15) is 24.0 Å². The second-order valence-corrected chi connectivity index (χ2v) is 12.5. The summed E-state index contributed by atoms with van der Waals surface area (Å²) in [7, 11) is 0. The molecule has 0 aliphatic carbocycles. The lowest BCUT2D eigenvalue weighted by molar-refractivity contribution is -0.122. The number of carbonyl (C=O) groups is 4. The highest BCUT2D eigenvalue weighted by Gasteiger charge is 2.57. The van der Waals surface area contributed by atoms with Gasteiger partial charge in [-0.2, -0.15) is 0 Å². The number of imide groups is 1. The van der Waals surface area contributed by atoms with E-state index in [4.69, 9.17) is 21.1 Å². The van der Waals surface area contributed by atoms with Gasteiger partial charge >= 0.3 is 10.8 Å². The normalized spacial score (nSPS) is 18.9. The smallest absolute Gasteiger partial charge is 0.338 e. The predicted octanol–water partition coefficient (Wildman–Crippen LogP) is 5.08. The number of esters is 1. The minimum absolute atomic E-state index is 0.213. The maximum Gasteiger partial charge on any atom is 0.338 e. The number of amides is 3. The van der Waals surface area contributed by atoms with Gasteiger partial charge in [0.2, 0.25) is 11.8 Å². The van der Waals surface area contributed by atoms with E-state index in [2.05, 4.69) is 10.3 Å². The Kier molecular flexibility index (Phi) is 8.30. The van der Waals surface area contributed by atoms with Crippen molar-refractivity contribution in [3.8, 4) is 5.75 Å². The van der Waals surface area contributed by atoms with Crippen LogP contribution in [0.4, 0.5) is 11.4 Å². The van der Waals surface area contributed by atoms with Gasteiger partial charge in [-0.3, -0.25) is 19.2 Å². The van der Waals surface area contributed by atoms with Gasteiger partial charge in [0.15, 0.2) is 6.61 Å². The third-order valence-electron chi connectivity index (χ3n) is 7.18. The summed E-state index contributed by atoms with van der Waals surface area (Å²) < 4.78 is 11.0. The van der Waals surface area contributed by atoms with Crippen molar-refractivity contribution in [1.29, 1.82) is 0 Å². The molecule has 44 heavy (non-hydrogen) atoms. The lowest BCUT2D eigenvalue weighted by Gasteiger charge is -2.31. The largest absolute Gasteiger partial charge is 0.483 e. The molecule has 2 aliphatic rings. The number of nitrogens with one attached hydrogen (secondary N) is 2. The minimum atomic E-state index is -0.907. The number of aromatic nitrogens is 1. The Bertz CT molecular complexity index is 1820. The maximum atomic E-state index is 14.1. The van der Waals surface area contributed by atoms with Gasteiger partial charge in [0, 0.05) is 27.1 Å². The minimum Gasteiger partial charge on any atom is -0.483 e.